The van der Waals surface area contributed by atoms with E-state index < -0.39 is 11.9 Å². The van der Waals surface area contributed by atoms with E-state index in [4.69, 9.17) is 52.8 Å². The number of aliphatic hydroxyl groups excluding tert-OH is 2. The van der Waals surface area contributed by atoms with Crippen LogP contribution in [0.2, 0.25) is 0 Å². The van der Waals surface area contributed by atoms with Crippen LogP contribution < -0.4 is 22.9 Å². The number of nitrogens with zero attached hydrogens (tertiary/aromatic N) is 2. The van der Waals surface area contributed by atoms with Crippen LogP contribution in [0.1, 0.15) is 12.8 Å². The fourth-order valence-electron chi connectivity index (χ4n) is 1.03. The Labute approximate surface area is 162 Å². The normalized spacial score (nSPS) is 9.07. The summed E-state index contributed by atoms with van der Waals surface area (Å²) in [5.74, 6) is -2.03. The highest BCUT2D eigenvalue weighted by Gasteiger charge is 2.00. The third-order valence-electron chi connectivity index (χ3n) is 2.08. The molecule has 0 rings (SSSR count). The quantitative estimate of drug-likeness (QED) is 0.0830. The van der Waals surface area contributed by atoms with Gasteiger partial charge in [-0.3, -0.25) is 19.6 Å². The van der Waals surface area contributed by atoms with E-state index in [9.17, 15) is 9.59 Å². The maximum absolute atomic E-state index is 9.64. The highest BCUT2D eigenvalue weighted by atomic mass is 16.5. The Morgan fingerprint density at radius 1 is 0.679 bits per heavy atom. The Kier molecular flexibility index (Phi) is 26.1. The molecule has 0 spiro atoms. The number of aliphatic carboxylic acids is 2. The Morgan fingerprint density at radius 3 is 1.21 bits per heavy atom. The van der Waals surface area contributed by atoms with Crippen LogP contribution in [-0.4, -0.2) is 97.0 Å². The van der Waals surface area contributed by atoms with E-state index in [0.717, 1.165) is 0 Å². The summed E-state index contributed by atoms with van der Waals surface area (Å²) in [4.78, 5) is 26.6. The summed E-state index contributed by atoms with van der Waals surface area (Å²) in [6.07, 6.45) is -0.593. The van der Waals surface area contributed by atoms with Gasteiger partial charge < -0.3 is 52.8 Å². The Balaban J connectivity index is -0.000000337. The molecule has 0 aromatic carbocycles. The largest absolute Gasteiger partial charge is 0.481 e. The molecule has 0 saturated carbocycles. The van der Waals surface area contributed by atoms with Crippen LogP contribution >= 0.6 is 0 Å². The van der Waals surface area contributed by atoms with Gasteiger partial charge >= 0.3 is 11.9 Å². The Hall–Kier alpha value is -2.68. The molecule has 28 heavy (non-hydrogen) atoms. The van der Waals surface area contributed by atoms with Crippen LogP contribution in [0, 0.1) is 0 Å². The summed E-state index contributed by atoms with van der Waals surface area (Å²) in [5, 5.41) is 32.3. The van der Waals surface area contributed by atoms with E-state index in [-0.39, 0.29) is 38.0 Å². The standard InChI is InChI=1S/2C5H13N3O2.C4H6O4/c2*6-5(7)8-1-3-10-4-2-9;5-3(6)1-2-4(7)8/h2*9H,1-4H2,(H4,6,7,8);1-2H2,(H,5,6)(H,7,8). The third kappa shape index (κ3) is 43.6. The van der Waals surface area contributed by atoms with Gasteiger partial charge in [0.15, 0.2) is 11.9 Å². The number of guanidine groups is 2. The van der Waals surface area contributed by atoms with E-state index in [1.54, 1.807) is 0 Å². The van der Waals surface area contributed by atoms with Crippen molar-refractivity contribution in [3.05, 3.63) is 0 Å². The van der Waals surface area contributed by atoms with Crippen LogP contribution in [0.4, 0.5) is 0 Å². The van der Waals surface area contributed by atoms with Crippen molar-refractivity contribution in [2.75, 3.05) is 52.7 Å². The van der Waals surface area contributed by atoms with E-state index in [2.05, 4.69) is 9.98 Å². The van der Waals surface area contributed by atoms with Gasteiger partial charge in [-0.05, 0) is 0 Å². The number of ether oxygens (including phenoxy) is 2. The molecule has 0 aliphatic heterocycles. The number of aliphatic imine (C=N–C) groups is 2. The van der Waals surface area contributed by atoms with Crippen molar-refractivity contribution in [3.8, 4) is 0 Å². The minimum atomic E-state index is -1.08. The lowest BCUT2D eigenvalue weighted by Gasteiger charge is -1.97. The van der Waals surface area contributed by atoms with Gasteiger partial charge in [0.05, 0.1) is 65.6 Å². The molecule has 0 heterocycles. The van der Waals surface area contributed by atoms with Gasteiger partial charge in [-0.15, -0.1) is 0 Å². The molecule has 0 amide bonds. The molecule has 12 N–H and O–H groups in total. The number of nitrogens with two attached hydrogens (primary N) is 4. The highest BCUT2D eigenvalue weighted by molar-refractivity contribution is 5.76. The Bertz CT molecular complexity index is 400. The fourth-order valence-corrected chi connectivity index (χ4v) is 1.03. The first kappa shape index (κ1) is 30.1. The molecule has 166 valence electrons. The van der Waals surface area contributed by atoms with Gasteiger partial charge in [-0.2, -0.15) is 0 Å². The molecule has 14 nitrogen and oxygen atoms in total. The van der Waals surface area contributed by atoms with E-state index in [1.165, 1.54) is 0 Å². The van der Waals surface area contributed by atoms with Gasteiger partial charge in [-0.1, -0.05) is 0 Å². The summed E-state index contributed by atoms with van der Waals surface area (Å²) in [6, 6.07) is 0. The number of rotatable bonds is 13. The fraction of sp³-hybridized carbons (Fsp3) is 0.714. The molecule has 0 aliphatic carbocycles. The van der Waals surface area contributed by atoms with Crippen molar-refractivity contribution in [1.29, 1.82) is 0 Å². The van der Waals surface area contributed by atoms with Crippen LogP contribution in [0.5, 0.6) is 0 Å². The lowest BCUT2D eigenvalue weighted by molar-refractivity contribution is -0.143. The lowest BCUT2D eigenvalue weighted by Crippen LogP contribution is -2.23. The lowest BCUT2D eigenvalue weighted by atomic mass is 10.3. The average Bonchev–Trinajstić information content (AvgIpc) is 2.60. The van der Waals surface area contributed by atoms with Gasteiger partial charge in [-0.25, -0.2) is 0 Å². The number of carbonyl (C=O) groups is 2. The van der Waals surface area contributed by atoms with Crippen LogP contribution in [0.25, 0.3) is 0 Å². The second kappa shape index (κ2) is 24.3. The number of carboxylic acids is 2. The van der Waals surface area contributed by atoms with Crippen molar-refractivity contribution >= 4 is 23.9 Å². The maximum Gasteiger partial charge on any atom is 0.303 e. The van der Waals surface area contributed by atoms with E-state index in [0.29, 0.717) is 39.5 Å². The first-order valence-corrected chi connectivity index (χ1v) is 8.08. The average molecular weight is 412 g/mol. The predicted molar refractivity (Wildman–Crippen MR) is 102 cm³/mol. The van der Waals surface area contributed by atoms with E-state index >= 15 is 0 Å². The zero-order valence-electron chi connectivity index (χ0n) is 15.7. The topological polar surface area (TPSA) is 262 Å². The van der Waals surface area contributed by atoms with Gasteiger partial charge in [0.25, 0.3) is 0 Å². The molecule has 0 fully saturated rings. The van der Waals surface area contributed by atoms with E-state index in [1.807, 2.05) is 0 Å². The third-order valence-corrected chi connectivity index (χ3v) is 2.08. The van der Waals surface area contributed by atoms with Gasteiger partial charge in [0.2, 0.25) is 0 Å². The minimum Gasteiger partial charge on any atom is -0.481 e. The molecule has 14 heteroatoms. The molecular weight excluding hydrogens is 380 g/mol. The summed E-state index contributed by atoms with van der Waals surface area (Å²) in [7, 11) is 0. The SMILES string of the molecule is NC(N)=NCCOCCO.NC(N)=NCCOCCO.O=C(O)CCC(=O)O. The Morgan fingerprint density at radius 2 is 1.00 bits per heavy atom. The number of hydrogen-bond donors (Lipinski definition) is 8. The summed E-state index contributed by atoms with van der Waals surface area (Å²) >= 11 is 0. The van der Waals surface area contributed by atoms with Crippen molar-refractivity contribution in [2.24, 2.45) is 32.9 Å². The second-order valence-corrected chi connectivity index (χ2v) is 4.57. The summed E-state index contributed by atoms with van der Waals surface area (Å²) < 4.78 is 9.73. The first-order valence-electron chi connectivity index (χ1n) is 8.08. The zero-order chi connectivity index (χ0) is 22.2. The molecule has 0 atom stereocenters. The van der Waals surface area contributed by atoms with Gasteiger partial charge in [0.1, 0.15) is 0 Å². The highest BCUT2D eigenvalue weighted by Crippen LogP contribution is 1.86. The molecule has 0 aliphatic rings. The molecule has 0 saturated heterocycles. The maximum atomic E-state index is 9.64. The molecular formula is C14H32N6O8. The molecule has 0 aromatic heterocycles. The molecule has 0 radical (unpaired) electrons. The van der Waals surface area contributed by atoms with Crippen LogP contribution in [-0.2, 0) is 19.1 Å². The van der Waals surface area contributed by atoms with Gasteiger partial charge in [0, 0.05) is 0 Å². The molecule has 0 aromatic rings. The smallest absolute Gasteiger partial charge is 0.303 e. The van der Waals surface area contributed by atoms with Crippen molar-refractivity contribution in [2.45, 2.75) is 12.8 Å². The van der Waals surface area contributed by atoms with Crippen molar-refractivity contribution in [1.82, 2.24) is 0 Å². The van der Waals surface area contributed by atoms with Crippen molar-refractivity contribution < 1.29 is 39.5 Å². The molecule has 0 bridgehead atoms. The number of aliphatic hydroxyl groups is 2. The summed E-state index contributed by atoms with van der Waals surface area (Å²) in [6.45, 7) is 2.51. The second-order valence-electron chi connectivity index (χ2n) is 4.57. The molecule has 0 unspecified atom stereocenters. The van der Waals surface area contributed by atoms with Crippen molar-refractivity contribution in [3.63, 3.8) is 0 Å². The number of carboxylic acid groups (broad SMARTS) is 2. The predicted octanol–water partition coefficient (Wildman–Crippen LogP) is -3.53. The number of hydrogen-bond acceptors (Lipinski definition) is 8. The zero-order valence-corrected chi connectivity index (χ0v) is 15.7. The minimum absolute atomic E-state index is 0.0296. The van der Waals surface area contributed by atoms with Crippen LogP contribution in [0.15, 0.2) is 9.98 Å². The summed E-state index contributed by atoms with van der Waals surface area (Å²) in [5.41, 5.74) is 20.1. The first-order chi connectivity index (χ1) is 13.2. The van der Waals surface area contributed by atoms with Crippen LogP contribution in [0.3, 0.4) is 0 Å². The monoisotopic (exact) mass is 412 g/mol.